The number of benzene rings is 1. The van der Waals surface area contributed by atoms with Crippen molar-refractivity contribution in [1.82, 2.24) is 10.2 Å². The lowest BCUT2D eigenvalue weighted by molar-refractivity contribution is 0.0191. The fourth-order valence-corrected chi connectivity index (χ4v) is 5.00. The van der Waals surface area contributed by atoms with Crippen LogP contribution in [0.2, 0.25) is 0 Å². The second-order valence-corrected chi connectivity index (χ2v) is 8.88. The highest BCUT2D eigenvalue weighted by Crippen LogP contribution is 2.34. The summed E-state index contributed by atoms with van der Waals surface area (Å²) in [6.45, 7) is 10.2. The van der Waals surface area contributed by atoms with Crippen molar-refractivity contribution in [2.45, 2.75) is 77.9 Å². The Morgan fingerprint density at radius 3 is 2.28 bits per heavy atom. The van der Waals surface area contributed by atoms with E-state index in [2.05, 4.69) is 61.4 Å². The molecule has 1 unspecified atom stereocenters. The van der Waals surface area contributed by atoms with Crippen LogP contribution < -0.4 is 10.6 Å². The SMILES string of the molecule is Cc1cc(C)cc(NC(=S)NC2C[C@H]3CCC[C@@H](C2)N3CC(C)C)c1. The molecule has 2 fully saturated rings. The fourth-order valence-electron chi connectivity index (χ4n) is 4.72. The van der Waals surface area contributed by atoms with Crippen molar-refractivity contribution in [3.63, 3.8) is 0 Å². The zero-order chi connectivity index (χ0) is 18.0. The van der Waals surface area contributed by atoms with E-state index in [1.165, 1.54) is 49.8 Å². The first-order valence-corrected chi connectivity index (χ1v) is 10.2. The quantitative estimate of drug-likeness (QED) is 0.767. The minimum Gasteiger partial charge on any atom is -0.360 e. The maximum Gasteiger partial charge on any atom is 0.170 e. The van der Waals surface area contributed by atoms with E-state index in [9.17, 15) is 0 Å². The van der Waals surface area contributed by atoms with E-state index in [1.54, 1.807) is 0 Å². The molecule has 2 N–H and O–H groups in total. The van der Waals surface area contributed by atoms with Gasteiger partial charge in [0.1, 0.15) is 0 Å². The first-order valence-electron chi connectivity index (χ1n) is 9.82. The third-order valence-corrected chi connectivity index (χ3v) is 5.74. The summed E-state index contributed by atoms with van der Waals surface area (Å²) in [5.41, 5.74) is 3.62. The monoisotopic (exact) mass is 359 g/mol. The molecule has 1 aromatic carbocycles. The van der Waals surface area contributed by atoms with Gasteiger partial charge in [-0.05, 0) is 80.9 Å². The van der Waals surface area contributed by atoms with Crippen molar-refractivity contribution >= 4 is 23.0 Å². The number of nitrogens with zero attached hydrogens (tertiary/aromatic N) is 1. The highest BCUT2D eigenvalue weighted by molar-refractivity contribution is 7.80. The third kappa shape index (κ3) is 4.95. The number of hydrogen-bond donors (Lipinski definition) is 2. The van der Waals surface area contributed by atoms with Gasteiger partial charge in [0.05, 0.1) is 0 Å². The van der Waals surface area contributed by atoms with Crippen LogP contribution in [0.4, 0.5) is 5.69 Å². The lowest BCUT2D eigenvalue weighted by Gasteiger charge is -2.49. The maximum atomic E-state index is 5.60. The lowest BCUT2D eigenvalue weighted by atomic mass is 9.81. The summed E-state index contributed by atoms with van der Waals surface area (Å²) in [6.07, 6.45) is 6.52. The van der Waals surface area contributed by atoms with Crippen molar-refractivity contribution in [3.8, 4) is 0 Å². The van der Waals surface area contributed by atoms with Crippen LogP contribution in [0.5, 0.6) is 0 Å². The molecule has 2 bridgehead atoms. The molecule has 0 radical (unpaired) electrons. The maximum absolute atomic E-state index is 5.60. The normalized spacial score (nSPS) is 26.5. The Morgan fingerprint density at radius 2 is 1.72 bits per heavy atom. The zero-order valence-electron chi connectivity index (χ0n) is 16.1. The summed E-state index contributed by atoms with van der Waals surface area (Å²) in [5, 5.41) is 7.76. The van der Waals surface area contributed by atoms with Crippen LogP contribution in [0.1, 0.15) is 57.1 Å². The average Bonchev–Trinajstić information content (AvgIpc) is 2.46. The van der Waals surface area contributed by atoms with Crippen molar-refractivity contribution < 1.29 is 0 Å². The molecule has 0 saturated carbocycles. The molecule has 4 heteroatoms. The molecule has 25 heavy (non-hydrogen) atoms. The number of thiocarbonyl (C=S) groups is 1. The van der Waals surface area contributed by atoms with Gasteiger partial charge < -0.3 is 10.6 Å². The number of piperidine rings is 2. The van der Waals surface area contributed by atoms with Gasteiger partial charge in [0.15, 0.2) is 5.11 Å². The Kier molecular flexibility index (Phi) is 6.00. The third-order valence-electron chi connectivity index (χ3n) is 5.52. The molecule has 3 atom stereocenters. The first-order chi connectivity index (χ1) is 11.9. The number of nitrogens with one attached hydrogen (secondary N) is 2. The number of hydrogen-bond acceptors (Lipinski definition) is 2. The predicted octanol–water partition coefficient (Wildman–Crippen LogP) is 4.63. The molecule has 1 aromatic rings. The van der Waals surface area contributed by atoms with Crippen LogP contribution in [0.15, 0.2) is 18.2 Å². The topological polar surface area (TPSA) is 27.3 Å². The molecular weight excluding hydrogens is 326 g/mol. The fraction of sp³-hybridized carbons (Fsp3) is 0.667. The van der Waals surface area contributed by atoms with Crippen LogP contribution in [-0.4, -0.2) is 34.7 Å². The smallest absolute Gasteiger partial charge is 0.170 e. The molecule has 2 heterocycles. The Hall–Kier alpha value is -1.13. The predicted molar refractivity (Wildman–Crippen MR) is 111 cm³/mol. The van der Waals surface area contributed by atoms with Gasteiger partial charge in [-0.25, -0.2) is 0 Å². The first kappa shape index (κ1) is 18.7. The van der Waals surface area contributed by atoms with Gasteiger partial charge in [-0.2, -0.15) is 0 Å². The summed E-state index contributed by atoms with van der Waals surface area (Å²) < 4.78 is 0. The Labute approximate surface area is 158 Å². The molecule has 2 aliphatic heterocycles. The molecule has 2 saturated heterocycles. The number of anilines is 1. The number of fused-ring (bicyclic) bond motifs is 2. The van der Waals surface area contributed by atoms with Gasteiger partial charge in [0.2, 0.25) is 0 Å². The number of aryl methyl sites for hydroxylation is 2. The summed E-state index contributed by atoms with van der Waals surface area (Å²) >= 11 is 5.60. The Morgan fingerprint density at radius 1 is 1.12 bits per heavy atom. The molecule has 0 aromatic heterocycles. The number of rotatable bonds is 4. The molecule has 0 spiro atoms. The minimum atomic E-state index is 0.504. The van der Waals surface area contributed by atoms with E-state index in [0.29, 0.717) is 6.04 Å². The highest BCUT2D eigenvalue weighted by Gasteiger charge is 2.38. The van der Waals surface area contributed by atoms with Gasteiger partial charge in [0.25, 0.3) is 0 Å². The van der Waals surface area contributed by atoms with Crippen LogP contribution in [0, 0.1) is 19.8 Å². The molecule has 3 nitrogen and oxygen atoms in total. The molecule has 2 aliphatic rings. The van der Waals surface area contributed by atoms with E-state index >= 15 is 0 Å². The second-order valence-electron chi connectivity index (χ2n) is 8.47. The van der Waals surface area contributed by atoms with E-state index < -0.39 is 0 Å². The summed E-state index contributed by atoms with van der Waals surface area (Å²) in [4.78, 5) is 2.78. The summed E-state index contributed by atoms with van der Waals surface area (Å²) in [5.74, 6) is 0.750. The van der Waals surface area contributed by atoms with Crippen LogP contribution in [0.3, 0.4) is 0 Å². The Bertz CT molecular complexity index is 579. The van der Waals surface area contributed by atoms with E-state index in [1.807, 2.05) is 0 Å². The van der Waals surface area contributed by atoms with Gasteiger partial charge >= 0.3 is 0 Å². The van der Waals surface area contributed by atoms with Crippen LogP contribution in [0.25, 0.3) is 0 Å². The zero-order valence-corrected chi connectivity index (χ0v) is 17.0. The van der Waals surface area contributed by atoms with E-state index in [-0.39, 0.29) is 0 Å². The molecule has 0 aliphatic carbocycles. The van der Waals surface area contributed by atoms with Crippen molar-refractivity contribution in [3.05, 3.63) is 29.3 Å². The minimum absolute atomic E-state index is 0.504. The molecule has 0 amide bonds. The van der Waals surface area contributed by atoms with Crippen LogP contribution >= 0.6 is 12.2 Å². The molecular formula is C21H33N3S. The highest BCUT2D eigenvalue weighted by atomic mass is 32.1. The van der Waals surface area contributed by atoms with Crippen molar-refractivity contribution in [2.75, 3.05) is 11.9 Å². The van der Waals surface area contributed by atoms with Gasteiger partial charge in [-0.15, -0.1) is 0 Å². The van der Waals surface area contributed by atoms with Gasteiger partial charge in [-0.1, -0.05) is 26.3 Å². The largest absolute Gasteiger partial charge is 0.360 e. The van der Waals surface area contributed by atoms with Gasteiger partial charge in [-0.3, -0.25) is 4.90 Å². The summed E-state index contributed by atoms with van der Waals surface area (Å²) in [7, 11) is 0. The second kappa shape index (κ2) is 8.05. The van der Waals surface area contributed by atoms with E-state index in [0.717, 1.165) is 28.8 Å². The summed E-state index contributed by atoms with van der Waals surface area (Å²) in [6, 6.07) is 8.47. The lowest BCUT2D eigenvalue weighted by Crippen LogP contribution is -2.58. The van der Waals surface area contributed by atoms with Crippen LogP contribution in [-0.2, 0) is 0 Å². The van der Waals surface area contributed by atoms with Gasteiger partial charge in [0, 0.05) is 30.4 Å². The Balaban J connectivity index is 1.57. The van der Waals surface area contributed by atoms with Crippen molar-refractivity contribution in [1.29, 1.82) is 0 Å². The standard InChI is InChI=1S/C21H33N3S/c1-14(2)13-24-19-6-5-7-20(24)12-18(11-19)23-21(25)22-17-9-15(3)8-16(4)10-17/h8-10,14,18-20H,5-7,11-13H2,1-4H3,(H2,22,23,25)/t18?,19-,20+. The van der Waals surface area contributed by atoms with E-state index in [4.69, 9.17) is 12.2 Å². The van der Waals surface area contributed by atoms with Crippen molar-refractivity contribution in [2.24, 2.45) is 5.92 Å². The molecule has 3 rings (SSSR count). The average molecular weight is 360 g/mol. The molecule has 138 valence electrons.